The molecule has 0 amide bonds. The lowest BCUT2D eigenvalue weighted by Crippen LogP contribution is -2.19. The van der Waals surface area contributed by atoms with Crippen molar-refractivity contribution in [3.05, 3.63) is 77.1 Å². The van der Waals surface area contributed by atoms with Crippen LogP contribution in [0, 0.1) is 18.6 Å². The third-order valence-electron chi connectivity index (χ3n) is 4.43. The highest BCUT2D eigenvalue weighted by Crippen LogP contribution is 2.22. The summed E-state index contributed by atoms with van der Waals surface area (Å²) in [6.45, 7) is 4.29. The third-order valence-corrected chi connectivity index (χ3v) is 4.43. The van der Waals surface area contributed by atoms with Gasteiger partial charge in [-0.15, -0.1) is 0 Å². The van der Waals surface area contributed by atoms with Crippen molar-refractivity contribution >= 4 is 0 Å². The molecule has 1 aromatic heterocycles. The molecule has 1 atom stereocenters. The van der Waals surface area contributed by atoms with Crippen molar-refractivity contribution < 1.29 is 13.5 Å². The minimum atomic E-state index is -0.309. The lowest BCUT2D eigenvalue weighted by atomic mass is 10.1. The minimum absolute atomic E-state index is 0.0428. The van der Waals surface area contributed by atoms with Gasteiger partial charge in [0, 0.05) is 35.5 Å². The van der Waals surface area contributed by atoms with Gasteiger partial charge in [0.05, 0.1) is 19.0 Å². The molecule has 0 aliphatic heterocycles. The van der Waals surface area contributed by atoms with Gasteiger partial charge in [0.2, 0.25) is 0 Å². The topological polar surface area (TPSA) is 39.1 Å². The number of methoxy groups -OCH3 is 1. The Kier molecular flexibility index (Phi) is 5.32. The highest BCUT2D eigenvalue weighted by molar-refractivity contribution is 5.36. The standard InChI is InChI=1S/C20H21F2N3O/c1-13(23-11-15-7-8-18(26-3)10-20(15)22)19-12-24-25(14(19)2)17-6-4-5-16(21)9-17/h4-10,12-13,23H,11H2,1-3H3/t13-/m1/s1. The fraction of sp³-hybridized carbons (Fsp3) is 0.250. The number of nitrogens with one attached hydrogen (secondary N) is 1. The van der Waals surface area contributed by atoms with Gasteiger partial charge < -0.3 is 10.1 Å². The Labute approximate surface area is 151 Å². The predicted molar refractivity (Wildman–Crippen MR) is 96.5 cm³/mol. The van der Waals surface area contributed by atoms with Crippen molar-refractivity contribution in [2.24, 2.45) is 0 Å². The average Bonchev–Trinajstić information content (AvgIpc) is 3.02. The van der Waals surface area contributed by atoms with E-state index in [9.17, 15) is 8.78 Å². The number of nitrogens with zero attached hydrogens (tertiary/aromatic N) is 2. The van der Waals surface area contributed by atoms with Gasteiger partial charge in [-0.25, -0.2) is 13.5 Å². The van der Waals surface area contributed by atoms with E-state index in [4.69, 9.17) is 4.74 Å². The van der Waals surface area contributed by atoms with Gasteiger partial charge in [0.1, 0.15) is 17.4 Å². The fourth-order valence-electron chi connectivity index (χ4n) is 2.89. The van der Waals surface area contributed by atoms with Crippen LogP contribution in [-0.2, 0) is 6.54 Å². The van der Waals surface area contributed by atoms with Gasteiger partial charge in [-0.1, -0.05) is 12.1 Å². The van der Waals surface area contributed by atoms with E-state index in [0.717, 1.165) is 11.3 Å². The lowest BCUT2D eigenvalue weighted by Gasteiger charge is -2.15. The first-order chi connectivity index (χ1) is 12.5. The molecule has 0 aliphatic rings. The molecule has 3 aromatic rings. The summed E-state index contributed by atoms with van der Waals surface area (Å²) in [5.74, 6) is -0.122. The Morgan fingerprint density at radius 1 is 1.19 bits per heavy atom. The SMILES string of the molecule is COc1ccc(CN[C@H](C)c2cnn(-c3cccc(F)c3)c2C)c(F)c1. The van der Waals surface area contributed by atoms with Gasteiger partial charge >= 0.3 is 0 Å². The molecule has 0 saturated heterocycles. The highest BCUT2D eigenvalue weighted by Gasteiger charge is 2.15. The molecule has 0 fully saturated rings. The molecular formula is C20H21F2N3O. The maximum atomic E-state index is 14.1. The monoisotopic (exact) mass is 357 g/mol. The summed E-state index contributed by atoms with van der Waals surface area (Å²) in [5.41, 5.74) is 3.11. The highest BCUT2D eigenvalue weighted by atomic mass is 19.1. The van der Waals surface area contributed by atoms with Crippen LogP contribution >= 0.6 is 0 Å². The molecule has 0 radical (unpaired) electrons. The van der Waals surface area contributed by atoms with E-state index in [-0.39, 0.29) is 17.7 Å². The molecule has 1 heterocycles. The van der Waals surface area contributed by atoms with Crippen LogP contribution in [0.4, 0.5) is 8.78 Å². The first kappa shape index (κ1) is 18.1. The second-order valence-electron chi connectivity index (χ2n) is 6.14. The van der Waals surface area contributed by atoms with Gasteiger partial charge in [0.15, 0.2) is 0 Å². The third kappa shape index (κ3) is 3.75. The molecule has 0 bridgehead atoms. The zero-order valence-electron chi connectivity index (χ0n) is 15.0. The zero-order valence-corrected chi connectivity index (χ0v) is 15.0. The quantitative estimate of drug-likeness (QED) is 0.714. The van der Waals surface area contributed by atoms with E-state index in [0.29, 0.717) is 23.5 Å². The van der Waals surface area contributed by atoms with Gasteiger partial charge in [-0.05, 0) is 38.1 Å². The van der Waals surface area contributed by atoms with E-state index in [1.807, 2.05) is 13.8 Å². The number of aromatic nitrogens is 2. The Hall–Kier alpha value is -2.73. The van der Waals surface area contributed by atoms with Crippen molar-refractivity contribution in [1.82, 2.24) is 15.1 Å². The first-order valence-corrected chi connectivity index (χ1v) is 8.36. The molecule has 0 unspecified atom stereocenters. The zero-order chi connectivity index (χ0) is 18.7. The normalized spacial score (nSPS) is 12.2. The first-order valence-electron chi connectivity index (χ1n) is 8.36. The van der Waals surface area contributed by atoms with Crippen molar-refractivity contribution in [2.75, 3.05) is 7.11 Å². The molecule has 2 aromatic carbocycles. The fourth-order valence-corrected chi connectivity index (χ4v) is 2.89. The summed E-state index contributed by atoms with van der Waals surface area (Å²) in [5, 5.41) is 7.67. The van der Waals surface area contributed by atoms with Gasteiger partial charge in [0.25, 0.3) is 0 Å². The van der Waals surface area contributed by atoms with E-state index < -0.39 is 0 Å². The molecule has 1 N–H and O–H groups in total. The van der Waals surface area contributed by atoms with E-state index >= 15 is 0 Å². The van der Waals surface area contributed by atoms with E-state index in [2.05, 4.69) is 10.4 Å². The summed E-state index contributed by atoms with van der Waals surface area (Å²) < 4.78 is 34.2. The number of hydrogen-bond acceptors (Lipinski definition) is 3. The van der Waals surface area contributed by atoms with Crippen LogP contribution in [0.2, 0.25) is 0 Å². The Bertz CT molecular complexity index is 908. The second kappa shape index (κ2) is 7.66. The predicted octanol–water partition coefficient (Wildman–Crippen LogP) is 4.32. The second-order valence-corrected chi connectivity index (χ2v) is 6.14. The molecular weight excluding hydrogens is 336 g/mol. The molecule has 0 saturated carbocycles. The summed E-state index contributed by atoms with van der Waals surface area (Å²) >= 11 is 0. The lowest BCUT2D eigenvalue weighted by molar-refractivity contribution is 0.410. The number of halogens is 2. The van der Waals surface area contributed by atoms with Crippen molar-refractivity contribution in [3.63, 3.8) is 0 Å². The summed E-state index contributed by atoms with van der Waals surface area (Å²) in [7, 11) is 1.51. The van der Waals surface area contributed by atoms with Crippen LogP contribution in [0.25, 0.3) is 5.69 Å². The van der Waals surface area contributed by atoms with Crippen molar-refractivity contribution in [3.8, 4) is 11.4 Å². The number of ether oxygens (including phenoxy) is 1. The molecule has 136 valence electrons. The maximum absolute atomic E-state index is 14.1. The molecule has 6 heteroatoms. The summed E-state index contributed by atoms with van der Waals surface area (Å²) in [6, 6.07) is 11.1. The number of rotatable bonds is 6. The Morgan fingerprint density at radius 2 is 2.00 bits per heavy atom. The van der Waals surface area contributed by atoms with Crippen molar-refractivity contribution in [1.29, 1.82) is 0 Å². The molecule has 0 aliphatic carbocycles. The largest absolute Gasteiger partial charge is 0.497 e. The molecule has 0 spiro atoms. The Morgan fingerprint density at radius 3 is 2.69 bits per heavy atom. The van der Waals surface area contributed by atoms with E-state index in [1.165, 1.54) is 25.3 Å². The van der Waals surface area contributed by atoms with Crippen LogP contribution in [-0.4, -0.2) is 16.9 Å². The molecule has 3 rings (SSSR count). The Balaban J connectivity index is 1.74. The van der Waals surface area contributed by atoms with Gasteiger partial charge in [-0.2, -0.15) is 5.10 Å². The van der Waals surface area contributed by atoms with E-state index in [1.54, 1.807) is 35.1 Å². The van der Waals surface area contributed by atoms with Gasteiger partial charge in [-0.3, -0.25) is 0 Å². The summed E-state index contributed by atoms with van der Waals surface area (Å²) in [6.07, 6.45) is 1.75. The average molecular weight is 357 g/mol. The van der Waals surface area contributed by atoms with Crippen LogP contribution in [0.5, 0.6) is 5.75 Å². The van der Waals surface area contributed by atoms with Crippen molar-refractivity contribution in [2.45, 2.75) is 26.4 Å². The minimum Gasteiger partial charge on any atom is -0.497 e. The number of hydrogen-bond donors (Lipinski definition) is 1. The maximum Gasteiger partial charge on any atom is 0.131 e. The van der Waals surface area contributed by atoms with Crippen LogP contribution in [0.3, 0.4) is 0 Å². The van der Waals surface area contributed by atoms with Crippen LogP contribution in [0.15, 0.2) is 48.7 Å². The van der Waals surface area contributed by atoms with Crippen LogP contribution < -0.4 is 10.1 Å². The number of benzene rings is 2. The van der Waals surface area contributed by atoms with Crippen LogP contribution in [0.1, 0.15) is 29.8 Å². The molecule has 26 heavy (non-hydrogen) atoms. The summed E-state index contributed by atoms with van der Waals surface area (Å²) in [4.78, 5) is 0. The molecule has 4 nitrogen and oxygen atoms in total. The smallest absolute Gasteiger partial charge is 0.131 e.